The van der Waals surface area contributed by atoms with Gasteiger partial charge in [0.1, 0.15) is 23.8 Å². The molecule has 1 aliphatic rings. The maximum atomic E-state index is 13.0. The van der Waals surface area contributed by atoms with Crippen LogP contribution in [0.2, 0.25) is 0 Å². The number of ether oxygens (including phenoxy) is 2. The van der Waals surface area contributed by atoms with Crippen LogP contribution in [-0.2, 0) is 14.3 Å². The third-order valence-corrected chi connectivity index (χ3v) is 4.28. The number of amides is 1. The van der Waals surface area contributed by atoms with Gasteiger partial charge in [-0.25, -0.2) is 0 Å². The molecule has 1 saturated heterocycles. The first-order valence-corrected chi connectivity index (χ1v) is 8.66. The molecule has 2 heterocycles. The van der Waals surface area contributed by atoms with Crippen molar-refractivity contribution in [3.05, 3.63) is 54.1 Å². The van der Waals surface area contributed by atoms with Crippen molar-refractivity contribution < 1.29 is 23.5 Å². The molecule has 1 aromatic heterocycles. The highest BCUT2D eigenvalue weighted by atomic mass is 32.1. The standard InChI is InChI=1S/C19H18N2O5S/c1-3-25-14-8-6-13(7-9-14)21-18(23)16(11-15-5-4-10-26-15)20(19(21)27)12-17(22)24-2/h4-11H,3,12H2,1-2H3. The number of anilines is 1. The Bertz CT molecular complexity index is 874. The Morgan fingerprint density at radius 3 is 2.59 bits per heavy atom. The Balaban J connectivity index is 1.97. The molecule has 3 rings (SSSR count). The van der Waals surface area contributed by atoms with Gasteiger partial charge in [-0.2, -0.15) is 0 Å². The fraction of sp³-hybridized carbons (Fsp3) is 0.211. The van der Waals surface area contributed by atoms with Gasteiger partial charge in [-0.15, -0.1) is 0 Å². The summed E-state index contributed by atoms with van der Waals surface area (Å²) in [6, 6.07) is 10.4. The quantitative estimate of drug-likeness (QED) is 0.429. The van der Waals surface area contributed by atoms with Gasteiger partial charge in [0, 0.05) is 6.08 Å². The highest BCUT2D eigenvalue weighted by Crippen LogP contribution is 2.30. The number of hydrogen-bond donors (Lipinski definition) is 0. The van der Waals surface area contributed by atoms with Crippen molar-refractivity contribution in [1.82, 2.24) is 4.90 Å². The first kappa shape index (κ1) is 18.7. The summed E-state index contributed by atoms with van der Waals surface area (Å²) < 4.78 is 15.4. The van der Waals surface area contributed by atoms with Crippen LogP contribution in [0.5, 0.6) is 5.75 Å². The minimum Gasteiger partial charge on any atom is -0.494 e. The zero-order valence-electron chi connectivity index (χ0n) is 14.9. The summed E-state index contributed by atoms with van der Waals surface area (Å²) in [6.45, 7) is 2.26. The largest absolute Gasteiger partial charge is 0.494 e. The highest BCUT2D eigenvalue weighted by molar-refractivity contribution is 7.80. The molecule has 0 saturated carbocycles. The third-order valence-electron chi connectivity index (χ3n) is 3.88. The average molecular weight is 386 g/mol. The van der Waals surface area contributed by atoms with E-state index in [1.54, 1.807) is 42.5 Å². The Morgan fingerprint density at radius 2 is 2.00 bits per heavy atom. The number of carbonyl (C=O) groups is 2. The predicted molar refractivity (Wildman–Crippen MR) is 103 cm³/mol. The van der Waals surface area contributed by atoms with Crippen LogP contribution in [0.15, 0.2) is 52.8 Å². The van der Waals surface area contributed by atoms with E-state index in [1.807, 2.05) is 6.92 Å². The number of nitrogens with zero attached hydrogens (tertiary/aromatic N) is 2. The van der Waals surface area contributed by atoms with Gasteiger partial charge in [0.05, 0.1) is 25.7 Å². The number of carbonyl (C=O) groups excluding carboxylic acids is 2. The summed E-state index contributed by atoms with van der Waals surface area (Å²) in [6.07, 6.45) is 3.05. The van der Waals surface area contributed by atoms with Crippen molar-refractivity contribution in [3.63, 3.8) is 0 Å². The van der Waals surface area contributed by atoms with Crippen LogP contribution in [0, 0.1) is 0 Å². The highest BCUT2D eigenvalue weighted by Gasteiger charge is 2.40. The van der Waals surface area contributed by atoms with Gasteiger partial charge < -0.3 is 18.8 Å². The molecule has 0 spiro atoms. The van der Waals surface area contributed by atoms with Crippen LogP contribution in [0.3, 0.4) is 0 Å². The number of thiocarbonyl (C=S) groups is 1. The summed E-state index contributed by atoms with van der Waals surface area (Å²) in [5.74, 6) is 0.301. The molecule has 1 amide bonds. The second kappa shape index (κ2) is 8.05. The van der Waals surface area contributed by atoms with Gasteiger partial charge >= 0.3 is 5.97 Å². The fourth-order valence-electron chi connectivity index (χ4n) is 2.62. The molecule has 2 aromatic rings. The Hall–Kier alpha value is -3.13. The van der Waals surface area contributed by atoms with E-state index in [0.717, 1.165) is 0 Å². The zero-order valence-corrected chi connectivity index (χ0v) is 15.7. The SMILES string of the molecule is CCOc1ccc(N2C(=O)C(=Cc3ccco3)N(CC(=O)OC)C2=S)cc1. The van der Waals surface area contributed by atoms with E-state index in [-0.39, 0.29) is 23.3 Å². The first-order valence-electron chi connectivity index (χ1n) is 8.26. The first-order chi connectivity index (χ1) is 13.0. The number of methoxy groups -OCH3 is 1. The monoisotopic (exact) mass is 386 g/mol. The Kier molecular flexibility index (Phi) is 5.56. The zero-order chi connectivity index (χ0) is 19.4. The van der Waals surface area contributed by atoms with Crippen LogP contribution < -0.4 is 9.64 Å². The minimum atomic E-state index is -0.510. The molecule has 0 bridgehead atoms. The van der Waals surface area contributed by atoms with E-state index in [4.69, 9.17) is 26.1 Å². The van der Waals surface area contributed by atoms with Crippen LogP contribution in [-0.4, -0.2) is 42.2 Å². The molecule has 7 nitrogen and oxygen atoms in total. The van der Waals surface area contributed by atoms with E-state index < -0.39 is 5.97 Å². The number of benzene rings is 1. The van der Waals surface area contributed by atoms with E-state index in [2.05, 4.69) is 0 Å². The normalized spacial score (nSPS) is 15.6. The molecule has 0 N–H and O–H groups in total. The number of rotatable bonds is 6. The van der Waals surface area contributed by atoms with Gasteiger partial charge in [-0.1, -0.05) is 0 Å². The van der Waals surface area contributed by atoms with Crippen molar-refractivity contribution in [3.8, 4) is 5.75 Å². The van der Waals surface area contributed by atoms with E-state index in [1.165, 1.54) is 23.2 Å². The summed E-state index contributed by atoms with van der Waals surface area (Å²) in [7, 11) is 1.28. The molecular formula is C19H18N2O5S. The Morgan fingerprint density at radius 1 is 1.26 bits per heavy atom. The van der Waals surface area contributed by atoms with Gasteiger partial charge in [-0.3, -0.25) is 14.5 Å². The molecular weight excluding hydrogens is 368 g/mol. The molecule has 1 fully saturated rings. The summed E-state index contributed by atoms with van der Waals surface area (Å²) >= 11 is 5.46. The third kappa shape index (κ3) is 3.85. The molecule has 1 aromatic carbocycles. The van der Waals surface area contributed by atoms with E-state index >= 15 is 0 Å². The lowest BCUT2D eigenvalue weighted by Crippen LogP contribution is -2.35. The van der Waals surface area contributed by atoms with Crippen molar-refractivity contribution in [2.24, 2.45) is 0 Å². The second-order valence-corrected chi connectivity index (χ2v) is 5.92. The molecule has 0 atom stereocenters. The van der Waals surface area contributed by atoms with Gasteiger partial charge in [-0.05, 0) is 55.5 Å². The molecule has 8 heteroatoms. The Labute approximate surface area is 161 Å². The topological polar surface area (TPSA) is 72.2 Å². The van der Waals surface area contributed by atoms with Crippen molar-refractivity contribution in [2.75, 3.05) is 25.2 Å². The second-order valence-electron chi connectivity index (χ2n) is 5.56. The van der Waals surface area contributed by atoms with Crippen molar-refractivity contribution in [2.45, 2.75) is 6.92 Å². The fourth-order valence-corrected chi connectivity index (χ4v) is 2.97. The molecule has 27 heavy (non-hydrogen) atoms. The smallest absolute Gasteiger partial charge is 0.325 e. The lowest BCUT2D eigenvalue weighted by molar-refractivity contribution is -0.140. The summed E-state index contributed by atoms with van der Waals surface area (Å²) in [5.41, 5.74) is 0.806. The average Bonchev–Trinajstić information content (AvgIpc) is 3.26. The lowest BCUT2D eigenvalue weighted by atomic mass is 10.2. The van der Waals surface area contributed by atoms with Crippen LogP contribution in [0.4, 0.5) is 5.69 Å². The predicted octanol–water partition coefficient (Wildman–Crippen LogP) is 2.83. The minimum absolute atomic E-state index is 0.179. The van der Waals surface area contributed by atoms with Gasteiger partial charge in [0.2, 0.25) is 0 Å². The molecule has 0 unspecified atom stereocenters. The lowest BCUT2D eigenvalue weighted by Gasteiger charge is -2.19. The van der Waals surface area contributed by atoms with Crippen molar-refractivity contribution in [1.29, 1.82) is 0 Å². The maximum absolute atomic E-state index is 13.0. The number of hydrogen-bond acceptors (Lipinski definition) is 6. The van der Waals surface area contributed by atoms with Crippen LogP contribution in [0.1, 0.15) is 12.7 Å². The van der Waals surface area contributed by atoms with E-state index in [0.29, 0.717) is 23.8 Å². The van der Waals surface area contributed by atoms with Crippen LogP contribution in [0.25, 0.3) is 6.08 Å². The van der Waals surface area contributed by atoms with Gasteiger partial charge in [0.15, 0.2) is 5.11 Å². The van der Waals surface area contributed by atoms with Crippen LogP contribution >= 0.6 is 12.2 Å². The molecule has 0 radical (unpaired) electrons. The molecule has 1 aliphatic heterocycles. The maximum Gasteiger partial charge on any atom is 0.325 e. The molecule has 140 valence electrons. The van der Waals surface area contributed by atoms with Gasteiger partial charge in [0.25, 0.3) is 5.91 Å². The summed E-state index contributed by atoms with van der Waals surface area (Å²) in [4.78, 5) is 27.6. The number of esters is 1. The summed E-state index contributed by atoms with van der Waals surface area (Å²) in [5, 5.41) is 0.187. The van der Waals surface area contributed by atoms with Crippen molar-refractivity contribution >= 4 is 41.0 Å². The van der Waals surface area contributed by atoms with E-state index in [9.17, 15) is 9.59 Å². The number of furan rings is 1. The molecule has 0 aliphatic carbocycles.